The van der Waals surface area contributed by atoms with E-state index in [-0.39, 0.29) is 11.6 Å². The van der Waals surface area contributed by atoms with Crippen LogP contribution in [0.4, 0.5) is 0 Å². The van der Waals surface area contributed by atoms with Crippen molar-refractivity contribution >= 4 is 0 Å². The van der Waals surface area contributed by atoms with E-state index < -0.39 is 0 Å². The molecule has 1 atom stereocenters. The number of hydrogen-bond donors (Lipinski definition) is 1. The summed E-state index contributed by atoms with van der Waals surface area (Å²) in [6, 6.07) is 3.41. The number of aryl methyl sites for hydroxylation is 1. The van der Waals surface area contributed by atoms with Gasteiger partial charge in [-0.15, -0.1) is 0 Å². The molecule has 3 heteroatoms. The topological polar surface area (TPSA) is 48.0 Å². The number of rotatable bonds is 2. The molecule has 3 nitrogen and oxygen atoms in total. The summed E-state index contributed by atoms with van der Waals surface area (Å²) < 4.78 is 1.64. The molecule has 1 aromatic heterocycles. The van der Waals surface area contributed by atoms with Crippen LogP contribution in [0, 0.1) is 0 Å². The van der Waals surface area contributed by atoms with Crippen LogP contribution in [-0.4, -0.2) is 4.57 Å². The summed E-state index contributed by atoms with van der Waals surface area (Å²) in [7, 11) is 0. The molecule has 0 spiro atoms. The lowest BCUT2D eigenvalue weighted by molar-refractivity contribution is 0.713. The predicted octanol–water partition coefficient (Wildman–Crippen LogP) is 0.888. The Morgan fingerprint density at radius 3 is 2.75 bits per heavy atom. The van der Waals surface area contributed by atoms with Crippen molar-refractivity contribution in [2.24, 2.45) is 5.73 Å². The Bertz CT molecular complexity index is 315. The minimum Gasteiger partial charge on any atom is -0.324 e. The summed E-state index contributed by atoms with van der Waals surface area (Å²) in [5, 5.41) is 0. The van der Waals surface area contributed by atoms with Gasteiger partial charge in [0.15, 0.2) is 0 Å². The molecular formula is C9H14N2O. The van der Waals surface area contributed by atoms with Crippen molar-refractivity contribution in [2.75, 3.05) is 0 Å². The molecule has 0 radical (unpaired) electrons. The number of nitrogens with zero attached hydrogens (tertiary/aromatic N) is 1. The Morgan fingerprint density at radius 1 is 1.67 bits per heavy atom. The lowest BCUT2D eigenvalue weighted by Crippen LogP contribution is -2.19. The van der Waals surface area contributed by atoms with Gasteiger partial charge in [-0.1, -0.05) is 0 Å². The zero-order valence-corrected chi connectivity index (χ0v) is 7.45. The van der Waals surface area contributed by atoms with Crippen molar-refractivity contribution in [1.82, 2.24) is 4.57 Å². The molecule has 1 rings (SSSR count). The first-order valence-electron chi connectivity index (χ1n) is 4.11. The zero-order valence-electron chi connectivity index (χ0n) is 7.45. The van der Waals surface area contributed by atoms with E-state index >= 15 is 0 Å². The molecule has 0 aromatic carbocycles. The van der Waals surface area contributed by atoms with Crippen LogP contribution >= 0.6 is 0 Å². The van der Waals surface area contributed by atoms with Crippen molar-refractivity contribution in [2.45, 2.75) is 26.4 Å². The van der Waals surface area contributed by atoms with Gasteiger partial charge in [0.2, 0.25) is 0 Å². The first-order valence-corrected chi connectivity index (χ1v) is 4.11. The van der Waals surface area contributed by atoms with Crippen LogP contribution in [0.5, 0.6) is 0 Å². The van der Waals surface area contributed by atoms with Gasteiger partial charge < -0.3 is 10.3 Å². The van der Waals surface area contributed by atoms with Crippen molar-refractivity contribution in [3.05, 3.63) is 34.2 Å². The van der Waals surface area contributed by atoms with Crippen LogP contribution in [0.25, 0.3) is 0 Å². The fraction of sp³-hybridized carbons (Fsp3) is 0.444. The van der Waals surface area contributed by atoms with Crippen molar-refractivity contribution in [1.29, 1.82) is 0 Å². The molecule has 0 fully saturated rings. The molecule has 0 aliphatic carbocycles. The third-order valence-electron chi connectivity index (χ3n) is 1.89. The van der Waals surface area contributed by atoms with Gasteiger partial charge in [-0.3, -0.25) is 4.79 Å². The highest BCUT2D eigenvalue weighted by molar-refractivity contribution is 5.14. The van der Waals surface area contributed by atoms with Gasteiger partial charge in [0.05, 0.1) is 0 Å². The highest BCUT2D eigenvalue weighted by Gasteiger charge is 2.00. The van der Waals surface area contributed by atoms with Crippen LogP contribution in [0.3, 0.4) is 0 Å². The average Bonchev–Trinajstić information content (AvgIpc) is 2.04. The van der Waals surface area contributed by atoms with Crippen molar-refractivity contribution < 1.29 is 0 Å². The second-order valence-corrected chi connectivity index (χ2v) is 2.87. The van der Waals surface area contributed by atoms with E-state index in [4.69, 9.17) is 5.73 Å². The second kappa shape index (κ2) is 3.54. The molecule has 0 bridgehead atoms. The summed E-state index contributed by atoms with van der Waals surface area (Å²) >= 11 is 0. The maximum Gasteiger partial charge on any atom is 0.250 e. The Morgan fingerprint density at radius 2 is 2.33 bits per heavy atom. The first-order chi connectivity index (χ1) is 5.65. The van der Waals surface area contributed by atoms with Gasteiger partial charge in [0.25, 0.3) is 5.56 Å². The number of hydrogen-bond acceptors (Lipinski definition) is 2. The second-order valence-electron chi connectivity index (χ2n) is 2.87. The zero-order chi connectivity index (χ0) is 9.14. The molecule has 0 aliphatic rings. The monoisotopic (exact) mass is 166 g/mol. The molecule has 1 heterocycles. The third-order valence-corrected chi connectivity index (χ3v) is 1.89. The van der Waals surface area contributed by atoms with Crippen LogP contribution in [0.15, 0.2) is 23.1 Å². The van der Waals surface area contributed by atoms with Crippen molar-refractivity contribution in [3.8, 4) is 0 Å². The van der Waals surface area contributed by atoms with Gasteiger partial charge in [-0.2, -0.15) is 0 Å². The summed E-state index contributed by atoms with van der Waals surface area (Å²) in [6.07, 6.45) is 1.78. The van der Waals surface area contributed by atoms with E-state index in [2.05, 4.69) is 0 Å². The van der Waals surface area contributed by atoms with E-state index in [1.807, 2.05) is 19.9 Å². The lowest BCUT2D eigenvalue weighted by atomic mass is 10.1. The maximum absolute atomic E-state index is 11.3. The van der Waals surface area contributed by atoms with Crippen LogP contribution in [0.1, 0.15) is 25.5 Å². The minimum atomic E-state index is -0.0655. The van der Waals surface area contributed by atoms with Gasteiger partial charge in [0.1, 0.15) is 0 Å². The minimum absolute atomic E-state index is 0.0206. The molecule has 66 valence electrons. The Labute approximate surface area is 71.8 Å². The summed E-state index contributed by atoms with van der Waals surface area (Å²) in [5.74, 6) is 0. The highest BCUT2D eigenvalue weighted by Crippen LogP contribution is 2.04. The fourth-order valence-electron chi connectivity index (χ4n) is 1.07. The van der Waals surface area contributed by atoms with Crippen molar-refractivity contribution in [3.63, 3.8) is 0 Å². The SMILES string of the molecule is CCn1ccc(C(C)N)cc1=O. The van der Waals surface area contributed by atoms with Crippen LogP contribution in [-0.2, 0) is 6.54 Å². The quantitative estimate of drug-likeness (QED) is 0.709. The molecule has 0 saturated heterocycles. The Balaban J connectivity index is 3.11. The Kier molecular flexibility index (Phi) is 2.65. The standard InChI is InChI=1S/C9H14N2O/c1-3-11-5-4-8(7(2)10)6-9(11)12/h4-7H,3,10H2,1-2H3. The predicted molar refractivity (Wildman–Crippen MR) is 49.0 cm³/mol. The molecule has 0 aliphatic heterocycles. The lowest BCUT2D eigenvalue weighted by Gasteiger charge is -2.06. The smallest absolute Gasteiger partial charge is 0.250 e. The van der Waals surface area contributed by atoms with Gasteiger partial charge in [0, 0.05) is 24.8 Å². The average molecular weight is 166 g/mol. The largest absolute Gasteiger partial charge is 0.324 e. The van der Waals surface area contributed by atoms with Gasteiger partial charge >= 0.3 is 0 Å². The molecule has 1 unspecified atom stereocenters. The van der Waals surface area contributed by atoms with Gasteiger partial charge in [-0.25, -0.2) is 0 Å². The first kappa shape index (κ1) is 9.00. The molecule has 12 heavy (non-hydrogen) atoms. The Hall–Kier alpha value is -1.09. The van der Waals surface area contributed by atoms with Crippen LogP contribution in [0.2, 0.25) is 0 Å². The molecule has 0 saturated carbocycles. The van der Waals surface area contributed by atoms with E-state index in [0.29, 0.717) is 6.54 Å². The number of aromatic nitrogens is 1. The molecular weight excluding hydrogens is 152 g/mol. The number of nitrogens with two attached hydrogens (primary N) is 1. The third kappa shape index (κ3) is 1.74. The van der Waals surface area contributed by atoms with E-state index in [9.17, 15) is 4.79 Å². The fourth-order valence-corrected chi connectivity index (χ4v) is 1.07. The molecule has 0 amide bonds. The van der Waals surface area contributed by atoms with Crippen LogP contribution < -0.4 is 11.3 Å². The summed E-state index contributed by atoms with van der Waals surface area (Å²) in [6.45, 7) is 4.51. The maximum atomic E-state index is 11.3. The normalized spacial score (nSPS) is 12.9. The molecule has 2 N–H and O–H groups in total. The molecule has 1 aromatic rings. The number of pyridine rings is 1. The summed E-state index contributed by atoms with van der Waals surface area (Å²) in [5.41, 5.74) is 6.54. The van der Waals surface area contributed by atoms with Gasteiger partial charge in [-0.05, 0) is 25.5 Å². The highest BCUT2D eigenvalue weighted by atomic mass is 16.1. The van der Waals surface area contributed by atoms with E-state index in [1.54, 1.807) is 16.8 Å². The van der Waals surface area contributed by atoms with E-state index in [1.165, 1.54) is 0 Å². The van der Waals surface area contributed by atoms with E-state index in [0.717, 1.165) is 5.56 Å². The summed E-state index contributed by atoms with van der Waals surface area (Å²) in [4.78, 5) is 11.3.